The minimum Gasteiger partial charge on any atom is -0.338 e. The number of fused-ring (bicyclic) bond motifs is 2. The molecule has 1 saturated carbocycles. The number of hydrogen-bond acceptors (Lipinski definition) is 4. The summed E-state index contributed by atoms with van der Waals surface area (Å²) in [4.78, 5) is 14.3. The fraction of sp³-hybridized carbons (Fsp3) is 0.250. The van der Waals surface area contributed by atoms with E-state index >= 15 is 0 Å². The van der Waals surface area contributed by atoms with Crippen LogP contribution in [0.2, 0.25) is 0 Å². The number of carbonyl (C=O) groups excluding carboxylic acids is 1. The van der Waals surface area contributed by atoms with E-state index in [1.54, 1.807) is 41.3 Å². The van der Waals surface area contributed by atoms with E-state index in [1.807, 2.05) is 42.9 Å². The summed E-state index contributed by atoms with van der Waals surface area (Å²) in [6, 6.07) is 19.0. The second-order valence-electron chi connectivity index (χ2n) is 10.1. The van der Waals surface area contributed by atoms with E-state index in [9.17, 15) is 17.6 Å². The molecule has 1 aliphatic carbocycles. The zero-order valence-corrected chi connectivity index (χ0v) is 23.8. The van der Waals surface area contributed by atoms with Crippen molar-refractivity contribution < 1.29 is 17.6 Å². The topological polar surface area (TPSA) is 72.3 Å². The average Bonchev–Trinajstić information content (AvgIpc) is 3.33. The number of halogens is 1. The first-order chi connectivity index (χ1) is 19.1. The molecule has 2 heterocycles. The molecular weight excluding hydrogens is 525 g/mol. The number of likely N-dealkylation sites (tertiary alicyclic amines) is 1. The van der Waals surface area contributed by atoms with E-state index in [0.29, 0.717) is 17.4 Å². The summed E-state index contributed by atoms with van der Waals surface area (Å²) in [5.41, 5.74) is 3.39. The lowest BCUT2D eigenvalue weighted by Crippen LogP contribution is -2.31. The Morgan fingerprint density at radius 2 is 1.73 bits per heavy atom. The van der Waals surface area contributed by atoms with Crippen molar-refractivity contribution in [1.29, 1.82) is 0 Å². The van der Waals surface area contributed by atoms with Crippen molar-refractivity contribution in [3.05, 3.63) is 115 Å². The molecule has 0 spiro atoms. The maximum Gasteiger partial charge on any atom is 0.255 e. The van der Waals surface area contributed by atoms with Crippen molar-refractivity contribution in [2.75, 3.05) is 19.3 Å². The maximum absolute atomic E-state index is 12.9. The van der Waals surface area contributed by atoms with E-state index in [0.717, 1.165) is 35.9 Å². The van der Waals surface area contributed by atoms with E-state index in [2.05, 4.69) is 23.8 Å². The molecule has 6 rings (SSSR count). The Morgan fingerprint density at radius 1 is 1.05 bits per heavy atom. The highest BCUT2D eigenvalue weighted by atomic mass is 32.2. The molecule has 1 aromatic heterocycles. The lowest BCUT2D eigenvalue weighted by Gasteiger charge is -2.19. The summed E-state index contributed by atoms with van der Waals surface area (Å²) >= 11 is 0. The Labute approximate surface area is 235 Å². The molecule has 8 heteroatoms. The van der Waals surface area contributed by atoms with Gasteiger partial charge in [-0.15, -0.1) is 0 Å². The maximum atomic E-state index is 12.9. The monoisotopic (exact) mass is 559 g/mol. The SMILES string of the molecule is C=C/C=C\C.CS(=O)(=O)c1ccccc1C(=O)N1CC2CC2C1.Cc1ccc2cnn(-c3ccc(F)cc3)c2c1. The minimum absolute atomic E-state index is 0.135. The van der Waals surface area contributed by atoms with E-state index in [1.165, 1.54) is 30.2 Å². The van der Waals surface area contributed by atoms with Crippen LogP contribution in [0.25, 0.3) is 16.6 Å². The summed E-state index contributed by atoms with van der Waals surface area (Å²) in [6.45, 7) is 9.03. The van der Waals surface area contributed by atoms with Crippen LogP contribution in [0.3, 0.4) is 0 Å². The van der Waals surface area contributed by atoms with E-state index in [-0.39, 0.29) is 16.6 Å². The van der Waals surface area contributed by atoms with Crippen LogP contribution in [-0.4, -0.2) is 48.4 Å². The second kappa shape index (κ2) is 12.4. The van der Waals surface area contributed by atoms with Crippen molar-refractivity contribution in [1.82, 2.24) is 14.7 Å². The number of aryl methyl sites for hydroxylation is 1. The van der Waals surface area contributed by atoms with Gasteiger partial charge in [-0.05, 0) is 80.1 Å². The van der Waals surface area contributed by atoms with Gasteiger partial charge in [0, 0.05) is 24.7 Å². The highest BCUT2D eigenvalue weighted by molar-refractivity contribution is 7.90. The Balaban J connectivity index is 0.000000159. The van der Waals surface area contributed by atoms with Crippen LogP contribution < -0.4 is 0 Å². The summed E-state index contributed by atoms with van der Waals surface area (Å²) in [5.74, 6) is 0.920. The fourth-order valence-corrected chi connectivity index (χ4v) is 5.63. The van der Waals surface area contributed by atoms with Crippen molar-refractivity contribution >= 4 is 26.6 Å². The fourth-order valence-electron chi connectivity index (χ4n) is 4.75. The summed E-state index contributed by atoms with van der Waals surface area (Å²) in [6.07, 6.45) is 9.75. The first-order valence-corrected chi connectivity index (χ1v) is 15.0. The largest absolute Gasteiger partial charge is 0.338 e. The molecule has 3 aromatic carbocycles. The van der Waals surface area contributed by atoms with Gasteiger partial charge >= 0.3 is 0 Å². The molecule has 4 aromatic rings. The molecule has 0 N–H and O–H groups in total. The van der Waals surface area contributed by atoms with Crippen LogP contribution in [-0.2, 0) is 9.84 Å². The predicted octanol–water partition coefficient (Wildman–Crippen LogP) is 6.40. The molecule has 2 aliphatic rings. The standard InChI is InChI=1S/C14H11FN2.C13H15NO3S.C5H8/c1-10-2-3-11-9-16-17(14(11)8-10)13-6-4-12(15)5-7-13;1-18(16,17)12-5-3-2-4-11(12)13(15)14-7-9-6-10(9)8-14;1-3-5-4-2/h2-9H,1H3;2-5,9-10H,6-8H2,1H3;3-5H,1H2,2H3/b;;5-4-. The normalized spacial score (nSPS) is 17.4. The third kappa shape index (κ3) is 6.93. The van der Waals surface area contributed by atoms with Gasteiger partial charge in [0.2, 0.25) is 0 Å². The van der Waals surface area contributed by atoms with Gasteiger partial charge in [0.15, 0.2) is 9.84 Å². The van der Waals surface area contributed by atoms with Crippen molar-refractivity contribution in [2.24, 2.45) is 11.8 Å². The molecule has 2 unspecified atom stereocenters. The average molecular weight is 560 g/mol. The van der Waals surface area contributed by atoms with Crippen LogP contribution in [0.15, 0.2) is 103 Å². The molecular formula is C32H34FN3O3S. The van der Waals surface area contributed by atoms with Crippen LogP contribution in [0.1, 0.15) is 29.3 Å². The molecule has 40 heavy (non-hydrogen) atoms. The Bertz CT molecular complexity index is 1630. The number of hydrogen-bond donors (Lipinski definition) is 0. The highest BCUT2D eigenvalue weighted by Crippen LogP contribution is 2.45. The van der Waals surface area contributed by atoms with Gasteiger partial charge in [0.05, 0.1) is 27.9 Å². The van der Waals surface area contributed by atoms with Gasteiger partial charge in [-0.3, -0.25) is 4.79 Å². The quantitative estimate of drug-likeness (QED) is 0.271. The number of rotatable bonds is 4. The Morgan fingerprint density at radius 3 is 2.33 bits per heavy atom. The van der Waals surface area contributed by atoms with Gasteiger partial charge < -0.3 is 4.90 Å². The highest BCUT2D eigenvalue weighted by Gasteiger charge is 2.47. The van der Waals surface area contributed by atoms with Gasteiger partial charge in [-0.1, -0.05) is 49.1 Å². The van der Waals surface area contributed by atoms with E-state index < -0.39 is 9.84 Å². The molecule has 0 radical (unpaired) electrons. The predicted molar refractivity (Wildman–Crippen MR) is 158 cm³/mol. The van der Waals surface area contributed by atoms with Crippen LogP contribution in [0, 0.1) is 24.6 Å². The number of aromatic nitrogens is 2. The van der Waals surface area contributed by atoms with Crippen LogP contribution >= 0.6 is 0 Å². The second-order valence-corrected chi connectivity index (χ2v) is 12.1. The smallest absolute Gasteiger partial charge is 0.255 e. The first-order valence-electron chi connectivity index (χ1n) is 13.1. The molecule has 1 aliphatic heterocycles. The molecule has 2 atom stereocenters. The summed E-state index contributed by atoms with van der Waals surface area (Å²) in [7, 11) is -3.36. The van der Waals surface area contributed by atoms with Gasteiger partial charge in [-0.25, -0.2) is 17.5 Å². The number of amides is 1. The third-order valence-corrected chi connectivity index (χ3v) is 8.06. The molecule has 208 valence electrons. The minimum atomic E-state index is -3.36. The summed E-state index contributed by atoms with van der Waals surface area (Å²) in [5, 5.41) is 5.41. The van der Waals surface area contributed by atoms with Gasteiger partial charge in [0.25, 0.3) is 5.91 Å². The number of sulfone groups is 1. The Kier molecular flexibility index (Phi) is 9.00. The van der Waals surface area contributed by atoms with Crippen molar-refractivity contribution in [3.63, 3.8) is 0 Å². The molecule has 1 saturated heterocycles. The third-order valence-electron chi connectivity index (χ3n) is 6.91. The number of allylic oxidation sites excluding steroid dienone is 3. The lowest BCUT2D eigenvalue weighted by atomic mass is 10.2. The molecule has 0 bridgehead atoms. The number of benzene rings is 3. The molecule has 1 amide bonds. The van der Waals surface area contributed by atoms with Crippen LogP contribution in [0.5, 0.6) is 0 Å². The number of nitrogens with zero attached hydrogens (tertiary/aromatic N) is 3. The van der Waals surface area contributed by atoms with Gasteiger partial charge in [0.1, 0.15) is 5.82 Å². The Hall–Kier alpha value is -4.04. The first kappa shape index (κ1) is 29.0. The zero-order chi connectivity index (χ0) is 28.9. The lowest BCUT2D eigenvalue weighted by molar-refractivity contribution is 0.0771. The molecule has 6 nitrogen and oxygen atoms in total. The van der Waals surface area contributed by atoms with Crippen molar-refractivity contribution in [3.8, 4) is 5.69 Å². The number of piperidine rings is 1. The zero-order valence-electron chi connectivity index (χ0n) is 23.0. The molecule has 2 fully saturated rings. The van der Waals surface area contributed by atoms with E-state index in [4.69, 9.17) is 0 Å². The number of carbonyl (C=O) groups is 1. The van der Waals surface area contributed by atoms with Crippen LogP contribution in [0.4, 0.5) is 4.39 Å². The van der Waals surface area contributed by atoms with Crippen molar-refractivity contribution in [2.45, 2.75) is 25.2 Å². The summed E-state index contributed by atoms with van der Waals surface area (Å²) < 4.78 is 38.0. The van der Waals surface area contributed by atoms with Gasteiger partial charge in [-0.2, -0.15) is 5.10 Å².